The number of carboxylic acids is 1. The first-order valence-corrected chi connectivity index (χ1v) is 7.07. The van der Waals surface area contributed by atoms with Gasteiger partial charge in [0, 0.05) is 11.7 Å². The Kier molecular flexibility index (Phi) is 6.33. The molecule has 1 rings (SSSR count). The van der Waals surface area contributed by atoms with Gasteiger partial charge in [-0.1, -0.05) is 33.1 Å². The highest BCUT2D eigenvalue weighted by atomic mass is 16.4. The predicted molar refractivity (Wildman–Crippen MR) is 77.8 cm³/mol. The lowest BCUT2D eigenvalue weighted by Gasteiger charge is -2.15. The van der Waals surface area contributed by atoms with E-state index in [0.29, 0.717) is 17.4 Å². The monoisotopic (exact) mass is 264 g/mol. The van der Waals surface area contributed by atoms with Crippen molar-refractivity contribution in [3.63, 3.8) is 0 Å². The van der Waals surface area contributed by atoms with Crippen LogP contribution < -0.4 is 5.32 Å². The van der Waals surface area contributed by atoms with E-state index in [1.165, 1.54) is 19.3 Å². The quantitative estimate of drug-likeness (QED) is 0.702. The van der Waals surface area contributed by atoms with E-state index in [1.807, 2.05) is 6.92 Å². The van der Waals surface area contributed by atoms with Crippen molar-refractivity contribution < 1.29 is 9.90 Å². The fraction of sp³-hybridized carbons (Fsp3) is 0.600. The summed E-state index contributed by atoms with van der Waals surface area (Å²) in [5, 5.41) is 12.4. The Morgan fingerprint density at radius 3 is 2.68 bits per heavy atom. The number of carbonyl (C=O) groups is 1. The number of hydrogen-bond acceptors (Lipinski definition) is 3. The van der Waals surface area contributed by atoms with E-state index < -0.39 is 5.97 Å². The topological polar surface area (TPSA) is 62.2 Å². The third-order valence-electron chi connectivity index (χ3n) is 3.12. The number of hydrogen-bond donors (Lipinski definition) is 2. The SMILES string of the molecule is CCCCCC(C)Nc1cc(C(=O)O)cc(CC)n1. The lowest BCUT2D eigenvalue weighted by atomic mass is 10.1. The average molecular weight is 264 g/mol. The van der Waals surface area contributed by atoms with Gasteiger partial charge in [-0.15, -0.1) is 0 Å². The maximum absolute atomic E-state index is 11.1. The molecule has 0 bridgehead atoms. The zero-order valence-electron chi connectivity index (χ0n) is 12.1. The van der Waals surface area contributed by atoms with Gasteiger partial charge in [-0.2, -0.15) is 0 Å². The summed E-state index contributed by atoms with van der Waals surface area (Å²) in [6, 6.07) is 3.56. The van der Waals surface area contributed by atoms with Crippen molar-refractivity contribution >= 4 is 11.8 Å². The number of unbranched alkanes of at least 4 members (excludes halogenated alkanes) is 2. The van der Waals surface area contributed by atoms with Crippen molar-refractivity contribution in [2.45, 2.75) is 58.9 Å². The van der Waals surface area contributed by atoms with Crippen molar-refractivity contribution in [2.24, 2.45) is 0 Å². The normalized spacial score (nSPS) is 12.2. The molecule has 4 heteroatoms. The summed E-state index contributed by atoms with van der Waals surface area (Å²) in [5.74, 6) is -0.237. The van der Waals surface area contributed by atoms with Gasteiger partial charge < -0.3 is 10.4 Å². The van der Waals surface area contributed by atoms with Crippen LogP contribution in [0.25, 0.3) is 0 Å². The number of anilines is 1. The van der Waals surface area contributed by atoms with Crippen LogP contribution in [-0.4, -0.2) is 22.1 Å². The zero-order valence-corrected chi connectivity index (χ0v) is 12.1. The molecule has 4 nitrogen and oxygen atoms in total. The summed E-state index contributed by atoms with van der Waals surface area (Å²) < 4.78 is 0. The van der Waals surface area contributed by atoms with E-state index in [4.69, 9.17) is 5.11 Å². The highest BCUT2D eigenvalue weighted by Crippen LogP contribution is 2.14. The van der Waals surface area contributed by atoms with Crippen LogP contribution in [0.1, 0.15) is 62.5 Å². The molecule has 1 aromatic heterocycles. The number of aromatic carboxylic acids is 1. The van der Waals surface area contributed by atoms with Crippen LogP contribution in [0.15, 0.2) is 12.1 Å². The minimum absolute atomic E-state index is 0.301. The van der Waals surface area contributed by atoms with Crippen LogP contribution >= 0.6 is 0 Å². The van der Waals surface area contributed by atoms with Gasteiger partial charge in [-0.3, -0.25) is 0 Å². The molecule has 1 heterocycles. The molecular weight excluding hydrogens is 240 g/mol. The van der Waals surface area contributed by atoms with Gasteiger partial charge in [-0.25, -0.2) is 9.78 Å². The largest absolute Gasteiger partial charge is 0.478 e. The average Bonchev–Trinajstić information content (AvgIpc) is 2.38. The second-order valence-electron chi connectivity index (χ2n) is 4.93. The number of nitrogens with one attached hydrogen (secondary N) is 1. The van der Waals surface area contributed by atoms with Crippen LogP contribution in [0, 0.1) is 0 Å². The van der Waals surface area contributed by atoms with Crippen molar-refractivity contribution in [3.8, 4) is 0 Å². The predicted octanol–water partition coefficient (Wildman–Crippen LogP) is 3.72. The van der Waals surface area contributed by atoms with Crippen molar-refractivity contribution in [1.29, 1.82) is 0 Å². The fourth-order valence-corrected chi connectivity index (χ4v) is 1.99. The van der Waals surface area contributed by atoms with Crippen LogP contribution in [0.3, 0.4) is 0 Å². The van der Waals surface area contributed by atoms with Crippen molar-refractivity contribution in [2.75, 3.05) is 5.32 Å². The van der Waals surface area contributed by atoms with Crippen LogP contribution in [0.4, 0.5) is 5.82 Å². The Labute approximate surface area is 115 Å². The Balaban J connectivity index is 2.71. The molecule has 0 saturated heterocycles. The summed E-state index contributed by atoms with van der Waals surface area (Å²) in [7, 11) is 0. The maximum atomic E-state index is 11.1. The number of nitrogens with zero attached hydrogens (tertiary/aromatic N) is 1. The molecule has 0 aliphatic rings. The molecule has 0 fully saturated rings. The summed E-state index contributed by atoms with van der Waals surface area (Å²) in [6.07, 6.45) is 5.44. The van der Waals surface area contributed by atoms with E-state index >= 15 is 0 Å². The minimum atomic E-state index is -0.904. The van der Waals surface area contributed by atoms with Crippen LogP contribution in [-0.2, 0) is 6.42 Å². The van der Waals surface area contributed by atoms with E-state index in [0.717, 1.165) is 18.5 Å². The van der Waals surface area contributed by atoms with E-state index in [9.17, 15) is 4.79 Å². The number of pyridine rings is 1. The smallest absolute Gasteiger partial charge is 0.335 e. The number of carboxylic acid groups (broad SMARTS) is 1. The highest BCUT2D eigenvalue weighted by molar-refractivity contribution is 5.88. The number of aromatic nitrogens is 1. The molecule has 0 saturated carbocycles. The molecule has 1 aromatic rings. The molecular formula is C15H24N2O2. The molecule has 0 amide bonds. The second-order valence-corrected chi connectivity index (χ2v) is 4.93. The maximum Gasteiger partial charge on any atom is 0.335 e. The molecule has 19 heavy (non-hydrogen) atoms. The third-order valence-corrected chi connectivity index (χ3v) is 3.12. The van der Waals surface area contributed by atoms with Gasteiger partial charge in [-0.05, 0) is 31.9 Å². The molecule has 0 aliphatic carbocycles. The Morgan fingerprint density at radius 2 is 2.11 bits per heavy atom. The second kappa shape index (κ2) is 7.77. The zero-order chi connectivity index (χ0) is 14.3. The summed E-state index contributed by atoms with van der Waals surface area (Å²) in [4.78, 5) is 15.5. The molecule has 1 atom stereocenters. The minimum Gasteiger partial charge on any atom is -0.478 e. The molecule has 0 aliphatic heterocycles. The number of aryl methyl sites for hydroxylation is 1. The van der Waals surface area contributed by atoms with Gasteiger partial charge in [0.1, 0.15) is 5.82 Å². The first-order valence-electron chi connectivity index (χ1n) is 7.07. The van der Waals surface area contributed by atoms with Crippen LogP contribution in [0.2, 0.25) is 0 Å². The highest BCUT2D eigenvalue weighted by Gasteiger charge is 2.09. The third kappa shape index (κ3) is 5.28. The summed E-state index contributed by atoms with van der Waals surface area (Å²) >= 11 is 0. The first-order chi connectivity index (χ1) is 9.06. The van der Waals surface area contributed by atoms with Gasteiger partial charge in [0.15, 0.2) is 0 Å². The van der Waals surface area contributed by atoms with Crippen LogP contribution in [0.5, 0.6) is 0 Å². The lowest BCUT2D eigenvalue weighted by molar-refractivity contribution is 0.0696. The molecule has 0 radical (unpaired) electrons. The summed E-state index contributed by atoms with van der Waals surface area (Å²) in [6.45, 7) is 6.27. The number of rotatable bonds is 8. The Hall–Kier alpha value is -1.58. The molecule has 2 N–H and O–H groups in total. The van der Waals surface area contributed by atoms with E-state index in [-0.39, 0.29) is 0 Å². The molecule has 0 spiro atoms. The van der Waals surface area contributed by atoms with Gasteiger partial charge in [0.05, 0.1) is 5.56 Å². The van der Waals surface area contributed by atoms with Crippen molar-refractivity contribution in [1.82, 2.24) is 4.98 Å². The first kappa shape index (κ1) is 15.5. The molecule has 106 valence electrons. The fourth-order valence-electron chi connectivity index (χ4n) is 1.99. The van der Waals surface area contributed by atoms with E-state index in [1.54, 1.807) is 12.1 Å². The van der Waals surface area contributed by atoms with Crippen molar-refractivity contribution in [3.05, 3.63) is 23.4 Å². The van der Waals surface area contributed by atoms with Gasteiger partial charge >= 0.3 is 5.97 Å². The van der Waals surface area contributed by atoms with E-state index in [2.05, 4.69) is 24.1 Å². The van der Waals surface area contributed by atoms with Gasteiger partial charge in [0.25, 0.3) is 0 Å². The Morgan fingerprint density at radius 1 is 1.37 bits per heavy atom. The summed E-state index contributed by atoms with van der Waals surface area (Å²) in [5.41, 5.74) is 1.11. The standard InChI is InChI=1S/C15H24N2O2/c1-4-6-7-8-11(3)16-14-10-12(15(18)19)9-13(5-2)17-14/h9-11H,4-8H2,1-3H3,(H,16,17)(H,18,19). The molecule has 1 unspecified atom stereocenters. The Bertz CT molecular complexity index is 419. The lowest BCUT2D eigenvalue weighted by Crippen LogP contribution is -2.17. The van der Waals surface area contributed by atoms with Gasteiger partial charge in [0.2, 0.25) is 0 Å². The molecule has 0 aromatic carbocycles.